The zero-order chi connectivity index (χ0) is 21.1. The highest BCUT2D eigenvalue weighted by molar-refractivity contribution is 6.08. The predicted octanol–water partition coefficient (Wildman–Crippen LogP) is 4.51. The fourth-order valence-electron chi connectivity index (χ4n) is 3.38. The molecule has 3 aromatic carbocycles. The average molecular weight is 401 g/mol. The van der Waals surface area contributed by atoms with Crippen LogP contribution in [0.15, 0.2) is 71.3 Å². The largest absolute Gasteiger partial charge is 0.464 e. The number of ketones is 1. The summed E-state index contributed by atoms with van der Waals surface area (Å²) in [5.74, 6) is -1.02. The Morgan fingerprint density at radius 1 is 0.967 bits per heavy atom. The van der Waals surface area contributed by atoms with Gasteiger partial charge in [0.05, 0.1) is 12.7 Å². The Bertz CT molecular complexity index is 1250. The molecule has 0 unspecified atom stereocenters. The van der Waals surface area contributed by atoms with Gasteiger partial charge in [0.2, 0.25) is 5.91 Å². The minimum absolute atomic E-state index is 0.00968. The van der Waals surface area contributed by atoms with Crippen molar-refractivity contribution in [2.75, 3.05) is 11.9 Å². The number of hydrogen-bond donors (Lipinski definition) is 1. The van der Waals surface area contributed by atoms with Crippen LogP contribution in [0.3, 0.4) is 0 Å². The highest BCUT2D eigenvalue weighted by Crippen LogP contribution is 2.30. The molecule has 0 spiro atoms. The van der Waals surface area contributed by atoms with Crippen LogP contribution in [0.4, 0.5) is 5.69 Å². The van der Waals surface area contributed by atoms with Crippen LogP contribution < -0.4 is 5.32 Å². The lowest BCUT2D eigenvalue weighted by molar-refractivity contribution is -0.141. The van der Waals surface area contributed by atoms with Crippen LogP contribution in [-0.2, 0) is 20.7 Å². The number of amides is 1. The maximum atomic E-state index is 12.3. The van der Waals surface area contributed by atoms with E-state index >= 15 is 0 Å². The van der Waals surface area contributed by atoms with Gasteiger partial charge >= 0.3 is 5.97 Å². The molecule has 0 bridgehead atoms. The summed E-state index contributed by atoms with van der Waals surface area (Å²) in [4.78, 5) is 35.7. The molecule has 0 fully saturated rings. The zero-order valence-electron chi connectivity index (χ0n) is 16.3. The van der Waals surface area contributed by atoms with E-state index in [-0.39, 0.29) is 24.7 Å². The van der Waals surface area contributed by atoms with Gasteiger partial charge in [-0.25, -0.2) is 0 Å². The lowest BCUT2D eigenvalue weighted by Gasteiger charge is -2.06. The van der Waals surface area contributed by atoms with Crippen LogP contribution in [0.25, 0.3) is 21.7 Å². The first kappa shape index (κ1) is 19.4. The van der Waals surface area contributed by atoms with Gasteiger partial charge in [0, 0.05) is 29.1 Å². The number of fused-ring (bicyclic) bond motifs is 3. The number of nitrogens with one attached hydrogen (secondary N) is 1. The highest BCUT2D eigenvalue weighted by Gasteiger charge is 2.15. The molecule has 4 rings (SSSR count). The molecule has 1 amide bonds. The number of carbonyl (C=O) groups is 3. The predicted molar refractivity (Wildman–Crippen MR) is 113 cm³/mol. The highest BCUT2D eigenvalue weighted by atomic mass is 16.5. The first-order valence-corrected chi connectivity index (χ1v) is 9.45. The molecule has 1 N–H and O–H groups in total. The maximum Gasteiger partial charge on any atom is 0.310 e. The van der Waals surface area contributed by atoms with Crippen LogP contribution in [0.2, 0.25) is 0 Å². The molecule has 150 valence electrons. The van der Waals surface area contributed by atoms with Crippen LogP contribution in [-0.4, -0.2) is 24.3 Å². The lowest BCUT2D eigenvalue weighted by Crippen LogP contribution is -2.15. The number of anilines is 1. The Kier molecular flexibility index (Phi) is 5.30. The number of benzene rings is 3. The van der Waals surface area contributed by atoms with Crippen LogP contribution >= 0.6 is 0 Å². The molecule has 0 atom stereocenters. The van der Waals surface area contributed by atoms with Crippen LogP contribution in [0, 0.1) is 0 Å². The van der Waals surface area contributed by atoms with E-state index in [0.29, 0.717) is 16.8 Å². The number of carbonyl (C=O) groups excluding carboxylic acids is 3. The van der Waals surface area contributed by atoms with E-state index in [0.717, 1.165) is 21.7 Å². The summed E-state index contributed by atoms with van der Waals surface area (Å²) in [5, 5.41) is 5.56. The van der Waals surface area contributed by atoms with Crippen LogP contribution in [0.1, 0.15) is 22.8 Å². The van der Waals surface area contributed by atoms with Gasteiger partial charge in [0.15, 0.2) is 12.4 Å². The zero-order valence-corrected chi connectivity index (χ0v) is 16.3. The van der Waals surface area contributed by atoms with Crippen molar-refractivity contribution in [1.82, 2.24) is 0 Å². The van der Waals surface area contributed by atoms with E-state index in [2.05, 4.69) is 5.32 Å². The lowest BCUT2D eigenvalue weighted by atomic mass is 10.0. The number of ether oxygens (including phenoxy) is 1. The summed E-state index contributed by atoms with van der Waals surface area (Å²) >= 11 is 0. The SMILES string of the molecule is CC(=O)Nc1ccc(C(=O)COC(=O)Cc2coc3ccc4ccccc4c23)cc1. The third-order valence-corrected chi connectivity index (χ3v) is 4.77. The molecular formula is C24H19NO5. The van der Waals surface area contributed by atoms with E-state index in [4.69, 9.17) is 9.15 Å². The number of esters is 1. The van der Waals surface area contributed by atoms with Gasteiger partial charge in [0.1, 0.15) is 5.58 Å². The summed E-state index contributed by atoms with van der Waals surface area (Å²) in [7, 11) is 0. The maximum absolute atomic E-state index is 12.3. The molecule has 0 radical (unpaired) electrons. The van der Waals surface area contributed by atoms with Crippen molar-refractivity contribution in [3.8, 4) is 0 Å². The van der Waals surface area contributed by atoms with Gasteiger partial charge in [-0.3, -0.25) is 14.4 Å². The number of hydrogen-bond acceptors (Lipinski definition) is 5. The minimum Gasteiger partial charge on any atom is -0.464 e. The van der Waals surface area contributed by atoms with Crippen molar-refractivity contribution >= 4 is 45.1 Å². The van der Waals surface area contributed by atoms with Gasteiger partial charge in [-0.2, -0.15) is 0 Å². The van der Waals surface area contributed by atoms with E-state index in [9.17, 15) is 14.4 Å². The molecule has 0 aliphatic carbocycles. The van der Waals surface area contributed by atoms with Crippen molar-refractivity contribution in [2.45, 2.75) is 13.3 Å². The van der Waals surface area contributed by atoms with Gasteiger partial charge in [-0.1, -0.05) is 30.3 Å². The molecule has 1 heterocycles. The Hall–Kier alpha value is -3.93. The second kappa shape index (κ2) is 8.21. The second-order valence-corrected chi connectivity index (χ2v) is 6.94. The molecule has 0 aliphatic rings. The van der Waals surface area contributed by atoms with E-state index in [1.54, 1.807) is 30.5 Å². The third kappa shape index (κ3) is 4.07. The molecule has 0 saturated carbocycles. The van der Waals surface area contributed by atoms with Gasteiger partial charge in [-0.15, -0.1) is 0 Å². The number of Topliss-reactive ketones (excluding diaryl/α,β-unsaturated/α-hetero) is 1. The summed E-state index contributed by atoms with van der Waals surface area (Å²) in [6.07, 6.45) is 1.57. The van der Waals surface area contributed by atoms with Gasteiger partial charge < -0.3 is 14.5 Å². The monoisotopic (exact) mass is 401 g/mol. The topological polar surface area (TPSA) is 85.6 Å². The molecule has 0 aliphatic heterocycles. The Labute approximate surface area is 172 Å². The van der Waals surface area contributed by atoms with E-state index in [1.807, 2.05) is 36.4 Å². The second-order valence-electron chi connectivity index (χ2n) is 6.94. The third-order valence-electron chi connectivity index (χ3n) is 4.77. The first-order chi connectivity index (χ1) is 14.5. The van der Waals surface area contributed by atoms with Crippen molar-refractivity contribution in [2.24, 2.45) is 0 Å². The van der Waals surface area contributed by atoms with Crippen molar-refractivity contribution in [3.05, 3.63) is 78.1 Å². The average Bonchev–Trinajstić information content (AvgIpc) is 3.15. The fourth-order valence-corrected chi connectivity index (χ4v) is 3.38. The molecule has 6 nitrogen and oxygen atoms in total. The van der Waals surface area contributed by atoms with E-state index < -0.39 is 5.97 Å². The van der Waals surface area contributed by atoms with Gasteiger partial charge in [0.25, 0.3) is 0 Å². The standard InChI is InChI=1S/C24H19NO5/c1-15(26)25-19-9-6-17(7-10-19)21(27)14-30-23(28)12-18-13-29-22-11-8-16-4-2-3-5-20(16)24(18)22/h2-11,13H,12,14H2,1H3,(H,25,26). The molecule has 0 saturated heterocycles. The summed E-state index contributed by atoms with van der Waals surface area (Å²) in [5.41, 5.74) is 2.41. The summed E-state index contributed by atoms with van der Waals surface area (Å²) in [6.45, 7) is 1.05. The molecular weight excluding hydrogens is 382 g/mol. The van der Waals surface area contributed by atoms with Crippen molar-refractivity contribution in [1.29, 1.82) is 0 Å². The van der Waals surface area contributed by atoms with E-state index in [1.165, 1.54) is 6.92 Å². The van der Waals surface area contributed by atoms with Gasteiger partial charge in [-0.05, 0) is 41.1 Å². The number of rotatable bonds is 6. The smallest absolute Gasteiger partial charge is 0.310 e. The molecule has 6 heteroatoms. The Morgan fingerprint density at radius 3 is 2.50 bits per heavy atom. The minimum atomic E-state index is -0.506. The normalized spacial score (nSPS) is 10.8. The molecule has 4 aromatic rings. The quantitative estimate of drug-likeness (QED) is 0.379. The first-order valence-electron chi connectivity index (χ1n) is 9.45. The number of furan rings is 1. The van der Waals surface area contributed by atoms with Crippen molar-refractivity contribution in [3.63, 3.8) is 0 Å². The van der Waals surface area contributed by atoms with Crippen LogP contribution in [0.5, 0.6) is 0 Å². The fraction of sp³-hybridized carbons (Fsp3) is 0.125. The van der Waals surface area contributed by atoms with Crippen molar-refractivity contribution < 1.29 is 23.5 Å². The Balaban J connectivity index is 1.42. The summed E-state index contributed by atoms with van der Waals surface area (Å²) < 4.78 is 10.8. The summed E-state index contributed by atoms with van der Waals surface area (Å²) in [6, 6.07) is 18.1. The molecule has 1 aromatic heterocycles. The Morgan fingerprint density at radius 2 is 1.73 bits per heavy atom. The molecule has 30 heavy (non-hydrogen) atoms.